The Hall–Kier alpha value is -2.60. The molecule has 1 unspecified atom stereocenters. The highest BCUT2D eigenvalue weighted by molar-refractivity contribution is 6.30. The molecule has 0 radical (unpaired) electrons. The fraction of sp³-hybridized carbons (Fsp3) is 0.316. The van der Waals surface area contributed by atoms with Gasteiger partial charge in [-0.05, 0) is 36.6 Å². The van der Waals surface area contributed by atoms with Gasteiger partial charge in [0.15, 0.2) is 0 Å². The quantitative estimate of drug-likeness (QED) is 0.703. The number of carbonyl (C=O) groups excluding carboxylic acids is 1. The second-order valence-electron chi connectivity index (χ2n) is 6.46. The van der Waals surface area contributed by atoms with Gasteiger partial charge in [0.2, 0.25) is 5.89 Å². The molecule has 6 nitrogen and oxygen atoms in total. The van der Waals surface area contributed by atoms with Crippen molar-refractivity contribution in [1.82, 2.24) is 19.7 Å². The maximum Gasteiger partial charge on any atom is 0.272 e. The van der Waals surface area contributed by atoms with Gasteiger partial charge in [-0.2, -0.15) is 5.10 Å². The molecule has 3 aromatic rings. The molecule has 1 amide bonds. The Bertz CT molecular complexity index is 916. The predicted octanol–water partition coefficient (Wildman–Crippen LogP) is 3.63. The highest BCUT2D eigenvalue weighted by Gasteiger charge is 2.34. The molecule has 0 saturated carbocycles. The summed E-state index contributed by atoms with van der Waals surface area (Å²) in [5, 5.41) is 4.80. The first-order valence-electron chi connectivity index (χ1n) is 8.60. The normalized spacial score (nSPS) is 17.0. The van der Waals surface area contributed by atoms with Gasteiger partial charge in [-0.25, -0.2) is 4.98 Å². The Morgan fingerprint density at radius 3 is 2.85 bits per heavy atom. The van der Waals surface area contributed by atoms with Crippen LogP contribution in [0.15, 0.2) is 47.1 Å². The second-order valence-corrected chi connectivity index (χ2v) is 6.90. The fourth-order valence-corrected chi connectivity index (χ4v) is 3.49. The summed E-state index contributed by atoms with van der Waals surface area (Å²) in [6, 6.07) is 9.27. The largest absolute Gasteiger partial charge is 0.443 e. The zero-order valence-corrected chi connectivity index (χ0v) is 15.2. The highest BCUT2D eigenvalue weighted by Crippen LogP contribution is 2.33. The molecule has 1 fully saturated rings. The van der Waals surface area contributed by atoms with Crippen molar-refractivity contribution >= 4 is 17.5 Å². The lowest BCUT2D eigenvalue weighted by atomic mass is 10.1. The zero-order valence-electron chi connectivity index (χ0n) is 14.4. The van der Waals surface area contributed by atoms with Crippen LogP contribution in [-0.2, 0) is 13.5 Å². The minimum absolute atomic E-state index is 0.0371. The Morgan fingerprint density at radius 1 is 1.31 bits per heavy atom. The molecular weight excluding hydrogens is 352 g/mol. The van der Waals surface area contributed by atoms with Gasteiger partial charge >= 0.3 is 0 Å². The van der Waals surface area contributed by atoms with Crippen LogP contribution < -0.4 is 0 Å². The fourth-order valence-electron chi connectivity index (χ4n) is 3.36. The zero-order chi connectivity index (χ0) is 18.1. The van der Waals surface area contributed by atoms with E-state index in [9.17, 15) is 4.79 Å². The number of carbonyl (C=O) groups is 1. The first kappa shape index (κ1) is 16.8. The molecule has 4 rings (SSSR count). The van der Waals surface area contributed by atoms with Gasteiger partial charge in [0, 0.05) is 31.2 Å². The van der Waals surface area contributed by atoms with Crippen molar-refractivity contribution in [2.24, 2.45) is 7.05 Å². The lowest BCUT2D eigenvalue weighted by Crippen LogP contribution is -2.32. The number of halogens is 1. The second kappa shape index (κ2) is 6.96. The Balaban J connectivity index is 1.52. The molecule has 26 heavy (non-hydrogen) atoms. The molecule has 1 aliphatic rings. The maximum atomic E-state index is 12.8. The highest BCUT2D eigenvalue weighted by atomic mass is 35.5. The van der Waals surface area contributed by atoms with Gasteiger partial charge < -0.3 is 9.32 Å². The van der Waals surface area contributed by atoms with Crippen LogP contribution in [0.4, 0.5) is 0 Å². The lowest BCUT2D eigenvalue weighted by Gasteiger charge is -2.22. The number of aromatic nitrogens is 3. The summed E-state index contributed by atoms with van der Waals surface area (Å²) >= 11 is 5.92. The van der Waals surface area contributed by atoms with Crippen LogP contribution in [0.25, 0.3) is 0 Å². The summed E-state index contributed by atoms with van der Waals surface area (Å²) in [5.41, 5.74) is 1.68. The number of hydrogen-bond donors (Lipinski definition) is 0. The van der Waals surface area contributed by atoms with Crippen molar-refractivity contribution in [3.05, 3.63) is 70.7 Å². The number of rotatable bonds is 4. The molecule has 0 aliphatic carbocycles. The molecule has 134 valence electrons. The smallest absolute Gasteiger partial charge is 0.272 e. The minimum Gasteiger partial charge on any atom is -0.443 e. The summed E-state index contributed by atoms with van der Waals surface area (Å²) in [5.74, 6) is 1.34. The van der Waals surface area contributed by atoms with Gasteiger partial charge in [0.1, 0.15) is 17.5 Å². The number of oxazole rings is 1. The van der Waals surface area contributed by atoms with Crippen molar-refractivity contribution in [2.45, 2.75) is 25.3 Å². The third-order valence-corrected chi connectivity index (χ3v) is 4.95. The SMILES string of the molecule is Cn1nccc1C(=O)N1CCCC1c1ncc(Cc2ccc(Cl)cc2)o1. The van der Waals surface area contributed by atoms with Crippen LogP contribution >= 0.6 is 11.6 Å². The third kappa shape index (κ3) is 3.24. The number of benzene rings is 1. The van der Waals surface area contributed by atoms with Crippen LogP contribution in [0.3, 0.4) is 0 Å². The van der Waals surface area contributed by atoms with Crippen LogP contribution in [0.1, 0.15) is 46.6 Å². The molecule has 1 aromatic carbocycles. The molecule has 3 heterocycles. The van der Waals surface area contributed by atoms with Crippen molar-refractivity contribution < 1.29 is 9.21 Å². The molecular formula is C19H19ClN4O2. The first-order chi connectivity index (χ1) is 12.6. The van der Waals surface area contributed by atoms with E-state index >= 15 is 0 Å². The molecule has 1 aliphatic heterocycles. The monoisotopic (exact) mass is 370 g/mol. The maximum absolute atomic E-state index is 12.8. The average molecular weight is 371 g/mol. The van der Waals surface area contributed by atoms with Gasteiger partial charge in [-0.1, -0.05) is 23.7 Å². The summed E-state index contributed by atoms with van der Waals surface area (Å²) in [4.78, 5) is 19.1. The topological polar surface area (TPSA) is 64.2 Å². The summed E-state index contributed by atoms with van der Waals surface area (Å²) in [6.07, 6.45) is 5.81. The van der Waals surface area contributed by atoms with Crippen molar-refractivity contribution in [3.63, 3.8) is 0 Å². The van der Waals surface area contributed by atoms with E-state index in [2.05, 4.69) is 10.1 Å². The van der Waals surface area contributed by atoms with Crippen molar-refractivity contribution in [2.75, 3.05) is 6.54 Å². The van der Waals surface area contributed by atoms with Gasteiger partial charge in [0.25, 0.3) is 5.91 Å². The van der Waals surface area contributed by atoms with E-state index < -0.39 is 0 Å². The van der Waals surface area contributed by atoms with Crippen molar-refractivity contribution in [3.8, 4) is 0 Å². The number of hydrogen-bond acceptors (Lipinski definition) is 4. The van der Waals surface area contributed by atoms with Gasteiger partial charge in [-0.15, -0.1) is 0 Å². The summed E-state index contributed by atoms with van der Waals surface area (Å²) in [6.45, 7) is 0.698. The molecule has 0 bridgehead atoms. The Morgan fingerprint density at radius 2 is 2.12 bits per heavy atom. The van der Waals surface area contributed by atoms with E-state index in [0.717, 1.165) is 24.2 Å². The van der Waals surface area contributed by atoms with Crippen molar-refractivity contribution in [1.29, 1.82) is 0 Å². The molecule has 1 atom stereocenters. The number of aryl methyl sites for hydroxylation is 1. The van der Waals surface area contributed by atoms with Crippen LogP contribution in [0.2, 0.25) is 5.02 Å². The third-order valence-electron chi connectivity index (χ3n) is 4.70. The number of likely N-dealkylation sites (tertiary alicyclic amines) is 1. The van der Waals surface area contributed by atoms with E-state index in [0.29, 0.717) is 29.6 Å². The van der Waals surface area contributed by atoms with E-state index in [1.807, 2.05) is 29.2 Å². The number of nitrogens with zero attached hydrogens (tertiary/aromatic N) is 4. The first-order valence-corrected chi connectivity index (χ1v) is 8.97. The van der Waals surface area contributed by atoms with Gasteiger partial charge in [-0.3, -0.25) is 9.48 Å². The van der Waals surface area contributed by atoms with E-state index in [1.54, 1.807) is 30.2 Å². The predicted molar refractivity (Wildman–Crippen MR) is 97.0 cm³/mol. The minimum atomic E-state index is -0.128. The van der Waals surface area contributed by atoms with E-state index in [4.69, 9.17) is 16.0 Å². The lowest BCUT2D eigenvalue weighted by molar-refractivity contribution is 0.0703. The Kier molecular flexibility index (Phi) is 4.51. The van der Waals surface area contributed by atoms with Crippen LogP contribution in [-0.4, -0.2) is 32.1 Å². The summed E-state index contributed by atoms with van der Waals surface area (Å²) < 4.78 is 7.57. The van der Waals surface area contributed by atoms with Crippen LogP contribution in [0, 0.1) is 0 Å². The van der Waals surface area contributed by atoms with Gasteiger partial charge in [0.05, 0.1) is 6.20 Å². The number of amides is 1. The molecule has 7 heteroatoms. The standard InChI is InChI=1S/C19H19ClN4O2/c1-23-17(8-9-22-23)19(25)24-10-2-3-16(24)18-21-12-15(26-18)11-13-4-6-14(20)7-5-13/h4-9,12,16H,2-3,10-11H2,1H3. The Labute approximate surface area is 156 Å². The molecule has 1 saturated heterocycles. The molecule has 2 aromatic heterocycles. The summed E-state index contributed by atoms with van der Waals surface area (Å²) in [7, 11) is 1.77. The van der Waals surface area contributed by atoms with E-state index in [-0.39, 0.29) is 11.9 Å². The molecule has 0 N–H and O–H groups in total. The average Bonchev–Trinajstić information content (AvgIpc) is 3.36. The van der Waals surface area contributed by atoms with Crippen LogP contribution in [0.5, 0.6) is 0 Å². The van der Waals surface area contributed by atoms with E-state index in [1.165, 1.54) is 0 Å². The molecule has 0 spiro atoms.